The number of hydrogen-bond acceptors (Lipinski definition) is 7. The standard InChI is InChI=1S/C23H30N6O2S/c1-4-28-18(12-14-27(2)3)25-21-19(22(28)31)26-23(32-21)29-13-8-11-17(29)20(30)24-15-16-9-6-5-7-10-16/h5-7,9-10,17H,4,8,11-15H2,1-3H3,(H,24,30). The monoisotopic (exact) mass is 454 g/mol. The summed E-state index contributed by atoms with van der Waals surface area (Å²) in [6.07, 6.45) is 2.39. The van der Waals surface area contributed by atoms with Crippen LogP contribution in [0.3, 0.4) is 0 Å². The van der Waals surface area contributed by atoms with Gasteiger partial charge in [-0.05, 0) is 39.4 Å². The fourth-order valence-corrected chi connectivity index (χ4v) is 5.10. The molecule has 9 heteroatoms. The summed E-state index contributed by atoms with van der Waals surface area (Å²) in [5.41, 5.74) is 1.37. The molecule has 3 heterocycles. The highest BCUT2D eigenvalue weighted by Gasteiger charge is 2.33. The van der Waals surface area contributed by atoms with Crippen molar-refractivity contribution < 1.29 is 4.79 Å². The first-order chi connectivity index (χ1) is 15.5. The van der Waals surface area contributed by atoms with E-state index < -0.39 is 0 Å². The molecule has 4 rings (SSSR count). The minimum Gasteiger partial charge on any atom is -0.350 e. The van der Waals surface area contributed by atoms with Gasteiger partial charge in [-0.2, -0.15) is 0 Å². The van der Waals surface area contributed by atoms with Crippen LogP contribution in [0.25, 0.3) is 10.3 Å². The van der Waals surface area contributed by atoms with Gasteiger partial charge in [-0.3, -0.25) is 14.2 Å². The predicted molar refractivity (Wildman–Crippen MR) is 128 cm³/mol. The molecular weight excluding hydrogens is 424 g/mol. The average Bonchev–Trinajstić information content (AvgIpc) is 3.44. The topological polar surface area (TPSA) is 83.4 Å². The highest BCUT2D eigenvalue weighted by atomic mass is 32.1. The smallest absolute Gasteiger partial charge is 0.281 e. The zero-order valence-electron chi connectivity index (χ0n) is 18.9. The number of carbonyl (C=O) groups excluding carboxylic acids is 1. The molecule has 1 unspecified atom stereocenters. The number of thiazole rings is 1. The first-order valence-corrected chi connectivity index (χ1v) is 11.9. The van der Waals surface area contributed by atoms with Crippen LogP contribution in [0.1, 0.15) is 31.2 Å². The summed E-state index contributed by atoms with van der Waals surface area (Å²) in [5, 5.41) is 3.75. The van der Waals surface area contributed by atoms with Crippen molar-refractivity contribution in [1.82, 2.24) is 24.8 Å². The van der Waals surface area contributed by atoms with Gasteiger partial charge in [-0.15, -0.1) is 0 Å². The molecule has 1 fully saturated rings. The van der Waals surface area contributed by atoms with Gasteiger partial charge in [0.1, 0.15) is 11.9 Å². The second-order valence-corrected chi connectivity index (χ2v) is 9.29. The summed E-state index contributed by atoms with van der Waals surface area (Å²) in [6.45, 7) is 4.58. The van der Waals surface area contributed by atoms with E-state index in [1.165, 1.54) is 11.3 Å². The number of hydrogen-bond donors (Lipinski definition) is 1. The average molecular weight is 455 g/mol. The van der Waals surface area contributed by atoms with Crippen molar-refractivity contribution in [3.63, 3.8) is 0 Å². The Labute approximate surface area is 191 Å². The number of rotatable bonds is 8. The van der Waals surface area contributed by atoms with Gasteiger partial charge >= 0.3 is 0 Å². The molecule has 1 aromatic carbocycles. The van der Waals surface area contributed by atoms with Crippen LogP contribution in [0.15, 0.2) is 35.1 Å². The first kappa shape index (κ1) is 22.4. The number of anilines is 1. The Balaban J connectivity index is 1.57. The van der Waals surface area contributed by atoms with Crippen molar-refractivity contribution in [2.45, 2.75) is 45.3 Å². The maximum absolute atomic E-state index is 13.1. The normalized spacial score (nSPS) is 16.2. The number of likely N-dealkylation sites (N-methyl/N-ethyl adjacent to an activating group) is 1. The second-order valence-electron chi connectivity index (χ2n) is 8.34. The van der Waals surface area contributed by atoms with Crippen LogP contribution in [0.2, 0.25) is 0 Å². The summed E-state index contributed by atoms with van der Waals surface area (Å²) < 4.78 is 1.71. The van der Waals surface area contributed by atoms with Crippen molar-refractivity contribution in [2.75, 3.05) is 32.1 Å². The third-order valence-corrected chi connectivity index (χ3v) is 6.78. The fourth-order valence-electron chi connectivity index (χ4n) is 4.07. The quantitative estimate of drug-likeness (QED) is 0.562. The molecule has 32 heavy (non-hydrogen) atoms. The number of aromatic nitrogens is 3. The highest BCUT2D eigenvalue weighted by molar-refractivity contribution is 7.21. The Morgan fingerprint density at radius 1 is 1.25 bits per heavy atom. The summed E-state index contributed by atoms with van der Waals surface area (Å²) in [6, 6.07) is 9.61. The Kier molecular flexibility index (Phi) is 6.86. The Hall–Kier alpha value is -2.78. The summed E-state index contributed by atoms with van der Waals surface area (Å²) in [4.78, 5) is 40.2. The zero-order chi connectivity index (χ0) is 22.7. The van der Waals surface area contributed by atoms with Crippen molar-refractivity contribution >= 4 is 32.7 Å². The molecule has 1 saturated heterocycles. The van der Waals surface area contributed by atoms with Crippen molar-refractivity contribution in [1.29, 1.82) is 0 Å². The van der Waals surface area contributed by atoms with Gasteiger partial charge in [0, 0.05) is 32.6 Å². The van der Waals surface area contributed by atoms with Crippen molar-refractivity contribution in [3.8, 4) is 0 Å². The van der Waals surface area contributed by atoms with Gasteiger partial charge in [0.15, 0.2) is 15.5 Å². The van der Waals surface area contributed by atoms with Gasteiger partial charge in [0.25, 0.3) is 5.56 Å². The molecule has 0 aliphatic carbocycles. The van der Waals surface area contributed by atoms with E-state index in [-0.39, 0.29) is 17.5 Å². The van der Waals surface area contributed by atoms with Crippen LogP contribution >= 0.6 is 11.3 Å². The number of carbonyl (C=O) groups is 1. The van der Waals surface area contributed by atoms with Crippen LogP contribution in [-0.4, -0.2) is 58.6 Å². The molecule has 0 spiro atoms. The molecule has 8 nitrogen and oxygen atoms in total. The summed E-state index contributed by atoms with van der Waals surface area (Å²) in [7, 11) is 4.02. The molecule has 3 aromatic rings. The lowest BCUT2D eigenvalue weighted by atomic mass is 10.2. The predicted octanol–water partition coefficient (Wildman–Crippen LogP) is 2.26. The van der Waals surface area contributed by atoms with E-state index in [0.717, 1.165) is 37.3 Å². The largest absolute Gasteiger partial charge is 0.350 e. The zero-order valence-corrected chi connectivity index (χ0v) is 19.7. The first-order valence-electron chi connectivity index (χ1n) is 11.1. The minimum absolute atomic E-state index is 0.00351. The number of nitrogens with zero attached hydrogens (tertiary/aromatic N) is 5. The summed E-state index contributed by atoms with van der Waals surface area (Å²) in [5.74, 6) is 0.781. The lowest BCUT2D eigenvalue weighted by Gasteiger charge is -2.23. The Morgan fingerprint density at radius 2 is 2.03 bits per heavy atom. The summed E-state index contributed by atoms with van der Waals surface area (Å²) >= 11 is 1.41. The molecular formula is C23H30N6O2S. The maximum atomic E-state index is 13.1. The van der Waals surface area contributed by atoms with Crippen molar-refractivity contribution in [2.24, 2.45) is 0 Å². The van der Waals surface area contributed by atoms with Crippen LogP contribution < -0.4 is 15.8 Å². The third kappa shape index (κ3) is 4.68. The molecule has 1 atom stereocenters. The maximum Gasteiger partial charge on any atom is 0.281 e. The van der Waals surface area contributed by atoms with E-state index in [4.69, 9.17) is 4.98 Å². The van der Waals surface area contributed by atoms with E-state index in [2.05, 4.69) is 15.2 Å². The number of benzene rings is 1. The second kappa shape index (κ2) is 9.79. The third-order valence-electron chi connectivity index (χ3n) is 5.80. The van der Waals surface area contributed by atoms with Gasteiger partial charge in [-0.1, -0.05) is 41.7 Å². The number of nitrogens with one attached hydrogen (secondary N) is 1. The van der Waals surface area contributed by atoms with Crippen LogP contribution in [0, 0.1) is 0 Å². The van der Waals surface area contributed by atoms with E-state index in [1.807, 2.05) is 56.3 Å². The molecule has 2 aromatic heterocycles. The lowest BCUT2D eigenvalue weighted by Crippen LogP contribution is -2.43. The molecule has 0 bridgehead atoms. The van der Waals surface area contributed by atoms with E-state index in [0.29, 0.717) is 35.0 Å². The lowest BCUT2D eigenvalue weighted by molar-refractivity contribution is -0.122. The molecule has 1 aliphatic rings. The molecule has 1 aliphatic heterocycles. The molecule has 0 radical (unpaired) electrons. The van der Waals surface area contributed by atoms with Crippen molar-refractivity contribution in [3.05, 3.63) is 52.1 Å². The van der Waals surface area contributed by atoms with Gasteiger partial charge in [0.2, 0.25) is 5.91 Å². The number of fused-ring (bicyclic) bond motifs is 1. The molecule has 170 valence electrons. The van der Waals surface area contributed by atoms with Gasteiger partial charge in [-0.25, -0.2) is 9.97 Å². The SMILES string of the molecule is CCn1c(CCN(C)C)nc2sc(N3CCCC3C(=O)NCc3ccccc3)nc2c1=O. The molecule has 1 amide bonds. The fraction of sp³-hybridized carbons (Fsp3) is 0.478. The van der Waals surface area contributed by atoms with Crippen LogP contribution in [0.5, 0.6) is 0 Å². The van der Waals surface area contributed by atoms with E-state index in [1.54, 1.807) is 4.57 Å². The molecule has 1 N–H and O–H groups in total. The van der Waals surface area contributed by atoms with Gasteiger partial charge < -0.3 is 15.1 Å². The van der Waals surface area contributed by atoms with Gasteiger partial charge in [0.05, 0.1) is 0 Å². The molecule has 0 saturated carbocycles. The Morgan fingerprint density at radius 3 is 2.75 bits per heavy atom. The van der Waals surface area contributed by atoms with E-state index in [9.17, 15) is 9.59 Å². The van der Waals surface area contributed by atoms with Crippen LogP contribution in [-0.2, 0) is 24.3 Å². The van der Waals surface area contributed by atoms with Crippen LogP contribution in [0.4, 0.5) is 5.13 Å². The minimum atomic E-state index is -0.277. The van der Waals surface area contributed by atoms with E-state index >= 15 is 0 Å². The Bertz CT molecular complexity index is 1140. The number of amides is 1. The highest BCUT2D eigenvalue weighted by Crippen LogP contribution is 2.31.